The maximum absolute atomic E-state index is 6.13. The van der Waals surface area contributed by atoms with Crippen molar-refractivity contribution in [3.63, 3.8) is 0 Å². The molecule has 0 aliphatic heterocycles. The van der Waals surface area contributed by atoms with Gasteiger partial charge in [-0.05, 0) is 35.0 Å². The van der Waals surface area contributed by atoms with Crippen molar-refractivity contribution in [1.82, 2.24) is 20.2 Å². The van der Waals surface area contributed by atoms with Crippen LogP contribution in [0, 0.1) is 0 Å². The third-order valence-electron chi connectivity index (χ3n) is 3.03. The molecule has 0 fully saturated rings. The van der Waals surface area contributed by atoms with Crippen LogP contribution in [0.15, 0.2) is 48.5 Å². The van der Waals surface area contributed by atoms with Crippen molar-refractivity contribution in [2.24, 2.45) is 0 Å². The molecule has 2 aromatic carbocycles. The van der Waals surface area contributed by atoms with Crippen molar-refractivity contribution in [2.45, 2.75) is 6.54 Å². The number of hydrogen-bond donors (Lipinski definition) is 0. The minimum Gasteiger partial charge on any atom is -0.497 e. The molecule has 106 valence electrons. The minimum atomic E-state index is 0.517. The van der Waals surface area contributed by atoms with Gasteiger partial charge < -0.3 is 4.74 Å². The third kappa shape index (κ3) is 3.03. The third-order valence-corrected chi connectivity index (χ3v) is 3.36. The summed E-state index contributed by atoms with van der Waals surface area (Å²) in [6.45, 7) is 0.522. The SMILES string of the molecule is COc1cccc(Cn2nnc(-c3ccccc3Cl)n2)c1. The van der Waals surface area contributed by atoms with E-state index in [1.54, 1.807) is 13.2 Å². The van der Waals surface area contributed by atoms with Crippen molar-refractivity contribution < 1.29 is 4.74 Å². The topological polar surface area (TPSA) is 52.8 Å². The van der Waals surface area contributed by atoms with Gasteiger partial charge >= 0.3 is 0 Å². The number of halogens is 1. The summed E-state index contributed by atoms with van der Waals surface area (Å²) in [6, 6.07) is 15.2. The Morgan fingerprint density at radius 1 is 1.14 bits per heavy atom. The largest absolute Gasteiger partial charge is 0.497 e. The second-order valence-electron chi connectivity index (χ2n) is 4.47. The first-order valence-corrected chi connectivity index (χ1v) is 6.80. The lowest BCUT2D eigenvalue weighted by atomic mass is 10.2. The molecule has 0 saturated heterocycles. The predicted octanol–water partition coefficient (Wildman–Crippen LogP) is 3.05. The standard InChI is InChI=1S/C15H13ClN4O/c1-21-12-6-4-5-11(9-12)10-20-18-15(17-19-20)13-7-2-3-8-14(13)16/h2-9H,10H2,1H3. The van der Waals surface area contributed by atoms with Gasteiger partial charge in [0.2, 0.25) is 5.82 Å². The summed E-state index contributed by atoms with van der Waals surface area (Å²) in [5.41, 5.74) is 1.81. The molecule has 0 atom stereocenters. The summed E-state index contributed by atoms with van der Waals surface area (Å²) in [7, 11) is 1.64. The monoisotopic (exact) mass is 300 g/mol. The van der Waals surface area contributed by atoms with Gasteiger partial charge in [-0.15, -0.1) is 10.2 Å². The normalized spacial score (nSPS) is 10.6. The van der Waals surface area contributed by atoms with Gasteiger partial charge in [0.25, 0.3) is 0 Å². The Balaban J connectivity index is 1.84. The molecule has 1 aromatic heterocycles. The van der Waals surface area contributed by atoms with Gasteiger partial charge in [-0.2, -0.15) is 4.80 Å². The van der Waals surface area contributed by atoms with Gasteiger partial charge in [0, 0.05) is 5.56 Å². The average molecular weight is 301 g/mol. The van der Waals surface area contributed by atoms with Crippen molar-refractivity contribution in [1.29, 1.82) is 0 Å². The fraction of sp³-hybridized carbons (Fsp3) is 0.133. The quantitative estimate of drug-likeness (QED) is 0.743. The molecule has 0 amide bonds. The highest BCUT2D eigenvalue weighted by molar-refractivity contribution is 6.33. The summed E-state index contributed by atoms with van der Waals surface area (Å²) in [6.07, 6.45) is 0. The molecule has 0 bridgehead atoms. The van der Waals surface area contributed by atoms with Crippen LogP contribution in [0.5, 0.6) is 5.75 Å². The zero-order valence-corrected chi connectivity index (χ0v) is 12.2. The molecule has 21 heavy (non-hydrogen) atoms. The molecule has 0 spiro atoms. The Labute approximate surface area is 127 Å². The minimum absolute atomic E-state index is 0.517. The Kier molecular flexibility index (Phi) is 3.83. The molecule has 3 aromatic rings. The van der Waals surface area contributed by atoms with Gasteiger partial charge in [0.05, 0.1) is 18.7 Å². The number of rotatable bonds is 4. The molecular weight excluding hydrogens is 288 g/mol. The Morgan fingerprint density at radius 3 is 2.81 bits per heavy atom. The van der Waals surface area contributed by atoms with E-state index in [9.17, 15) is 0 Å². The molecule has 0 saturated carbocycles. The zero-order chi connectivity index (χ0) is 14.7. The molecule has 0 unspecified atom stereocenters. The fourth-order valence-electron chi connectivity index (χ4n) is 1.99. The van der Waals surface area contributed by atoms with Gasteiger partial charge in [-0.1, -0.05) is 35.9 Å². The van der Waals surface area contributed by atoms with Crippen LogP contribution in [0.25, 0.3) is 11.4 Å². The number of benzene rings is 2. The van der Waals surface area contributed by atoms with E-state index in [0.717, 1.165) is 16.9 Å². The van der Waals surface area contributed by atoms with Crippen LogP contribution in [0.2, 0.25) is 5.02 Å². The van der Waals surface area contributed by atoms with Crippen molar-refractivity contribution in [2.75, 3.05) is 7.11 Å². The molecule has 0 aliphatic rings. The molecule has 1 heterocycles. The predicted molar refractivity (Wildman–Crippen MR) is 80.4 cm³/mol. The van der Waals surface area contributed by atoms with Crippen molar-refractivity contribution in [3.05, 3.63) is 59.1 Å². The molecule has 0 N–H and O–H groups in total. The first-order valence-electron chi connectivity index (χ1n) is 6.42. The van der Waals surface area contributed by atoms with Gasteiger partial charge in [0.1, 0.15) is 5.75 Å². The van der Waals surface area contributed by atoms with Crippen LogP contribution in [0.3, 0.4) is 0 Å². The number of nitrogens with zero attached hydrogens (tertiary/aromatic N) is 4. The van der Waals surface area contributed by atoms with Gasteiger partial charge in [-0.3, -0.25) is 0 Å². The maximum Gasteiger partial charge on any atom is 0.206 e. The summed E-state index contributed by atoms with van der Waals surface area (Å²) >= 11 is 6.13. The van der Waals surface area contributed by atoms with Crippen molar-refractivity contribution in [3.8, 4) is 17.1 Å². The lowest BCUT2D eigenvalue weighted by Crippen LogP contribution is -2.04. The zero-order valence-electron chi connectivity index (χ0n) is 11.4. The number of hydrogen-bond acceptors (Lipinski definition) is 4. The Hall–Kier alpha value is -2.40. The summed E-state index contributed by atoms with van der Waals surface area (Å²) in [5.74, 6) is 1.32. The van der Waals surface area contributed by atoms with E-state index >= 15 is 0 Å². The smallest absolute Gasteiger partial charge is 0.206 e. The Bertz CT molecular complexity index is 757. The van der Waals surface area contributed by atoms with E-state index in [1.165, 1.54) is 4.80 Å². The Morgan fingerprint density at radius 2 is 2.00 bits per heavy atom. The van der Waals surface area contributed by atoms with E-state index in [0.29, 0.717) is 17.4 Å². The highest BCUT2D eigenvalue weighted by Crippen LogP contribution is 2.23. The van der Waals surface area contributed by atoms with Crippen LogP contribution in [0.1, 0.15) is 5.56 Å². The van der Waals surface area contributed by atoms with E-state index in [2.05, 4.69) is 15.4 Å². The summed E-state index contributed by atoms with van der Waals surface area (Å²) < 4.78 is 5.20. The van der Waals surface area contributed by atoms with E-state index in [1.807, 2.05) is 42.5 Å². The van der Waals surface area contributed by atoms with E-state index < -0.39 is 0 Å². The molecule has 0 aliphatic carbocycles. The number of ether oxygens (including phenoxy) is 1. The molecule has 5 nitrogen and oxygen atoms in total. The van der Waals surface area contributed by atoms with Crippen LogP contribution < -0.4 is 4.74 Å². The van der Waals surface area contributed by atoms with Crippen LogP contribution in [0.4, 0.5) is 0 Å². The number of methoxy groups -OCH3 is 1. The summed E-state index contributed by atoms with van der Waals surface area (Å²) in [4.78, 5) is 1.54. The second-order valence-corrected chi connectivity index (χ2v) is 4.88. The van der Waals surface area contributed by atoms with Gasteiger partial charge in [0.15, 0.2) is 0 Å². The fourth-order valence-corrected chi connectivity index (χ4v) is 2.21. The number of tetrazole rings is 1. The summed E-state index contributed by atoms with van der Waals surface area (Å²) in [5, 5.41) is 13.1. The molecule has 3 rings (SSSR count). The first-order chi connectivity index (χ1) is 10.3. The van der Waals surface area contributed by atoms with Crippen LogP contribution >= 0.6 is 11.6 Å². The highest BCUT2D eigenvalue weighted by Gasteiger charge is 2.09. The van der Waals surface area contributed by atoms with E-state index in [-0.39, 0.29) is 0 Å². The average Bonchev–Trinajstić information content (AvgIpc) is 2.96. The highest BCUT2D eigenvalue weighted by atomic mass is 35.5. The second kappa shape index (κ2) is 5.93. The van der Waals surface area contributed by atoms with Gasteiger partial charge in [-0.25, -0.2) is 0 Å². The van der Waals surface area contributed by atoms with Crippen LogP contribution in [-0.4, -0.2) is 27.3 Å². The lowest BCUT2D eigenvalue weighted by Gasteiger charge is -2.03. The molecule has 0 radical (unpaired) electrons. The lowest BCUT2D eigenvalue weighted by molar-refractivity contribution is 0.413. The molecular formula is C15H13ClN4O. The van der Waals surface area contributed by atoms with E-state index in [4.69, 9.17) is 16.3 Å². The van der Waals surface area contributed by atoms with Crippen LogP contribution in [-0.2, 0) is 6.54 Å². The molecule has 6 heteroatoms. The maximum atomic E-state index is 6.13. The number of aromatic nitrogens is 4. The van der Waals surface area contributed by atoms with Crippen molar-refractivity contribution >= 4 is 11.6 Å². The first kappa shape index (κ1) is 13.6.